The van der Waals surface area contributed by atoms with E-state index >= 15 is 0 Å². The molecule has 0 aliphatic heterocycles. The second-order valence-corrected chi connectivity index (χ2v) is 3.57. The van der Waals surface area contributed by atoms with Crippen LogP contribution in [-0.2, 0) is 17.1 Å². The summed E-state index contributed by atoms with van der Waals surface area (Å²) in [5, 5.41) is 0. The summed E-state index contributed by atoms with van der Waals surface area (Å²) in [7, 11) is 0. The molecule has 0 aromatic heterocycles. The fourth-order valence-electron chi connectivity index (χ4n) is 1.43. The Morgan fingerprint density at radius 2 is 1.00 bits per heavy atom. The fourth-order valence-corrected chi connectivity index (χ4v) is 1.43. The van der Waals surface area contributed by atoms with Crippen molar-refractivity contribution in [3.8, 4) is 0 Å². The summed E-state index contributed by atoms with van der Waals surface area (Å²) in [6.07, 6.45) is 22.4. The topological polar surface area (TPSA) is 0 Å². The van der Waals surface area contributed by atoms with Gasteiger partial charge in [0.05, 0.1) is 0 Å². The molecule has 0 nitrogen and oxygen atoms in total. The molecule has 2 aliphatic carbocycles. The summed E-state index contributed by atoms with van der Waals surface area (Å²) in [5.41, 5.74) is 0. The van der Waals surface area contributed by atoms with Crippen molar-refractivity contribution in [1.29, 1.82) is 0 Å². The van der Waals surface area contributed by atoms with Crippen molar-refractivity contribution in [3.05, 3.63) is 88.5 Å². The SMILES string of the molecule is C=CC[C]1[CH][CH][CH][CH]1.C=CC[C]1[CH][CH][CH][CH]1.[Fe+2]. The summed E-state index contributed by atoms with van der Waals surface area (Å²) < 4.78 is 0. The smallest absolute Gasteiger partial charge is 0.103 e. The van der Waals surface area contributed by atoms with Gasteiger partial charge < -0.3 is 0 Å². The second kappa shape index (κ2) is 11.1. The predicted molar refractivity (Wildman–Crippen MR) is 70.5 cm³/mol. The summed E-state index contributed by atoms with van der Waals surface area (Å²) in [6.45, 7) is 7.27. The van der Waals surface area contributed by atoms with Gasteiger partial charge in [0.1, 0.15) is 0 Å². The minimum atomic E-state index is 0. The Labute approximate surface area is 118 Å². The summed E-state index contributed by atoms with van der Waals surface area (Å²) in [5.74, 6) is 2.69. The molecule has 10 radical (unpaired) electrons. The Morgan fingerprint density at radius 1 is 0.706 bits per heavy atom. The Hall–Kier alpha value is -0.000519. The molecule has 0 N–H and O–H groups in total. The maximum atomic E-state index is 3.64. The van der Waals surface area contributed by atoms with Gasteiger partial charge in [0, 0.05) is 0 Å². The standard InChI is InChI=1S/2C8H9.Fe/c2*1-2-5-8-6-3-4-7-8;/h2*2-4,6-7H,1,5H2;/q;;+2. The van der Waals surface area contributed by atoms with Gasteiger partial charge in [0.25, 0.3) is 0 Å². The quantitative estimate of drug-likeness (QED) is 0.534. The van der Waals surface area contributed by atoms with E-state index in [1.54, 1.807) is 0 Å². The molecule has 0 saturated heterocycles. The Bertz CT molecular complexity index is 164. The number of hydrogen-bond acceptors (Lipinski definition) is 0. The third kappa shape index (κ3) is 7.84. The largest absolute Gasteiger partial charge is 2.00 e. The average molecular weight is 266 g/mol. The van der Waals surface area contributed by atoms with Crippen molar-refractivity contribution in [2.45, 2.75) is 12.8 Å². The third-order valence-electron chi connectivity index (χ3n) is 2.22. The van der Waals surface area contributed by atoms with Crippen molar-refractivity contribution < 1.29 is 17.1 Å². The van der Waals surface area contributed by atoms with Crippen molar-refractivity contribution in [3.63, 3.8) is 0 Å². The molecule has 2 aliphatic rings. The van der Waals surface area contributed by atoms with Crippen LogP contribution in [0.2, 0.25) is 0 Å². The van der Waals surface area contributed by atoms with E-state index in [0.29, 0.717) is 0 Å². The second-order valence-electron chi connectivity index (χ2n) is 3.57. The first-order valence-corrected chi connectivity index (χ1v) is 5.49. The van der Waals surface area contributed by atoms with Gasteiger partial charge in [0.15, 0.2) is 0 Å². The van der Waals surface area contributed by atoms with Gasteiger partial charge in [-0.05, 0) is 76.0 Å². The molecular formula is C16H18Fe+2. The molecule has 17 heavy (non-hydrogen) atoms. The summed E-state index contributed by atoms with van der Waals surface area (Å²) in [4.78, 5) is 0. The molecule has 1 heteroatoms. The van der Waals surface area contributed by atoms with Gasteiger partial charge >= 0.3 is 17.1 Å². The Morgan fingerprint density at radius 3 is 1.24 bits per heavy atom. The van der Waals surface area contributed by atoms with Crippen LogP contribution in [0.1, 0.15) is 12.8 Å². The molecule has 2 fully saturated rings. The van der Waals surface area contributed by atoms with Gasteiger partial charge in [-0.2, -0.15) is 0 Å². The predicted octanol–water partition coefficient (Wildman–Crippen LogP) is 3.93. The van der Waals surface area contributed by atoms with Gasteiger partial charge in [-0.15, -0.1) is 13.2 Å². The fraction of sp³-hybridized carbons (Fsp3) is 0.125. The van der Waals surface area contributed by atoms with Crippen molar-refractivity contribution in [1.82, 2.24) is 0 Å². The van der Waals surface area contributed by atoms with Crippen LogP contribution in [0.3, 0.4) is 0 Å². The van der Waals surface area contributed by atoms with Crippen molar-refractivity contribution in [2.75, 3.05) is 0 Å². The normalized spacial score (nSPS) is 20.2. The molecule has 2 saturated carbocycles. The molecule has 2 rings (SSSR count). The van der Waals surface area contributed by atoms with Crippen LogP contribution in [0.25, 0.3) is 0 Å². The molecule has 0 heterocycles. The maximum absolute atomic E-state index is 3.64. The van der Waals surface area contributed by atoms with Crippen LogP contribution in [0, 0.1) is 63.2 Å². The van der Waals surface area contributed by atoms with E-state index in [0.717, 1.165) is 12.8 Å². The van der Waals surface area contributed by atoms with E-state index in [1.165, 1.54) is 11.8 Å². The van der Waals surface area contributed by atoms with Crippen molar-refractivity contribution >= 4 is 0 Å². The minimum Gasteiger partial charge on any atom is -0.103 e. The van der Waals surface area contributed by atoms with Crippen LogP contribution >= 0.6 is 0 Å². The van der Waals surface area contributed by atoms with E-state index in [-0.39, 0.29) is 17.1 Å². The average Bonchev–Trinajstić information content (AvgIpc) is 2.92. The zero-order valence-electron chi connectivity index (χ0n) is 9.96. The van der Waals surface area contributed by atoms with Crippen LogP contribution in [0.15, 0.2) is 25.3 Å². The van der Waals surface area contributed by atoms with Gasteiger partial charge in [-0.25, -0.2) is 0 Å². The monoisotopic (exact) mass is 266 g/mol. The van der Waals surface area contributed by atoms with Gasteiger partial charge in [-0.3, -0.25) is 0 Å². The molecule has 0 unspecified atom stereocenters. The molecule has 0 spiro atoms. The van der Waals surface area contributed by atoms with E-state index in [1.807, 2.05) is 37.8 Å². The van der Waals surface area contributed by atoms with E-state index < -0.39 is 0 Å². The Kier molecular flexibility index (Phi) is 11.1. The van der Waals surface area contributed by atoms with Crippen molar-refractivity contribution in [2.24, 2.45) is 0 Å². The first kappa shape index (κ1) is 17.0. The van der Waals surface area contributed by atoms with Crippen LogP contribution < -0.4 is 0 Å². The molecule has 0 atom stereocenters. The number of hydrogen-bond donors (Lipinski definition) is 0. The van der Waals surface area contributed by atoms with Crippen LogP contribution in [0.5, 0.6) is 0 Å². The third-order valence-corrected chi connectivity index (χ3v) is 2.22. The molecule has 88 valence electrons. The van der Waals surface area contributed by atoms with E-state index in [9.17, 15) is 0 Å². The zero-order valence-corrected chi connectivity index (χ0v) is 11.1. The van der Waals surface area contributed by atoms with Crippen LogP contribution in [0.4, 0.5) is 0 Å². The molecule has 0 aromatic rings. The summed E-state index contributed by atoms with van der Waals surface area (Å²) in [6, 6.07) is 0. The summed E-state index contributed by atoms with van der Waals surface area (Å²) >= 11 is 0. The molecule has 0 aromatic carbocycles. The van der Waals surface area contributed by atoms with Crippen LogP contribution in [-0.4, -0.2) is 0 Å². The van der Waals surface area contributed by atoms with Gasteiger partial charge in [-0.1, -0.05) is 12.2 Å². The minimum absolute atomic E-state index is 0. The molecule has 0 amide bonds. The number of rotatable bonds is 4. The first-order chi connectivity index (χ1) is 7.86. The number of allylic oxidation sites excluding steroid dienone is 2. The van der Waals surface area contributed by atoms with E-state index in [4.69, 9.17) is 0 Å². The Balaban J connectivity index is 0.000000284. The zero-order chi connectivity index (χ0) is 11.6. The maximum Gasteiger partial charge on any atom is 2.00 e. The molecular weight excluding hydrogens is 248 g/mol. The van der Waals surface area contributed by atoms with Gasteiger partial charge in [0.2, 0.25) is 0 Å². The van der Waals surface area contributed by atoms with E-state index in [2.05, 4.69) is 38.8 Å². The molecule has 0 bridgehead atoms. The first-order valence-electron chi connectivity index (χ1n) is 5.49.